The summed E-state index contributed by atoms with van der Waals surface area (Å²) in [6.45, 7) is 2.72. The van der Waals surface area contributed by atoms with Gasteiger partial charge >= 0.3 is 0 Å². The van der Waals surface area contributed by atoms with Crippen molar-refractivity contribution in [3.63, 3.8) is 0 Å². The van der Waals surface area contributed by atoms with E-state index in [9.17, 15) is 4.79 Å². The fourth-order valence-corrected chi connectivity index (χ4v) is 1.78. The summed E-state index contributed by atoms with van der Waals surface area (Å²) in [6.07, 6.45) is 0.937. The molecule has 2 aromatic rings. The van der Waals surface area contributed by atoms with Crippen LogP contribution in [0.2, 0.25) is 0 Å². The molecule has 1 aromatic carbocycles. The number of fused-ring (bicyclic) bond motifs is 1. The van der Waals surface area contributed by atoms with E-state index in [1.165, 1.54) is 0 Å². The number of benzene rings is 1. The van der Waals surface area contributed by atoms with Crippen LogP contribution in [-0.2, 0) is 0 Å². The second-order valence-corrected chi connectivity index (χ2v) is 3.75. The maximum atomic E-state index is 11.6. The van der Waals surface area contributed by atoms with Gasteiger partial charge in [-0.15, -0.1) is 0 Å². The predicted molar refractivity (Wildman–Crippen MR) is 60.0 cm³/mol. The maximum absolute atomic E-state index is 11.6. The van der Waals surface area contributed by atoms with E-state index in [2.05, 4.69) is 14.1 Å². The molecule has 4 nitrogen and oxygen atoms in total. The van der Waals surface area contributed by atoms with Crippen LogP contribution in [-0.4, -0.2) is 21.2 Å². The number of hydrogen-bond acceptors (Lipinski definition) is 4. The number of nitrogens with one attached hydrogen (secondary N) is 1. The first-order valence-corrected chi connectivity index (χ1v) is 5.55. The molecular formula is C10H11N3OS. The zero-order valence-corrected chi connectivity index (χ0v) is 9.17. The molecule has 0 aliphatic rings. The molecule has 1 amide bonds. The third kappa shape index (κ3) is 2.12. The maximum Gasteiger partial charge on any atom is 0.251 e. The average molecular weight is 221 g/mol. The van der Waals surface area contributed by atoms with E-state index >= 15 is 0 Å². The molecule has 0 aliphatic heterocycles. The highest BCUT2D eigenvalue weighted by Crippen LogP contribution is 2.13. The first-order valence-electron chi connectivity index (χ1n) is 4.82. The van der Waals surface area contributed by atoms with Gasteiger partial charge in [-0.1, -0.05) is 6.92 Å². The van der Waals surface area contributed by atoms with E-state index < -0.39 is 0 Å². The molecule has 0 aliphatic carbocycles. The third-order valence-electron chi connectivity index (χ3n) is 2.05. The van der Waals surface area contributed by atoms with Crippen molar-refractivity contribution in [3.05, 3.63) is 23.8 Å². The molecule has 0 unspecified atom stereocenters. The van der Waals surface area contributed by atoms with Crippen molar-refractivity contribution in [1.29, 1.82) is 0 Å². The van der Waals surface area contributed by atoms with E-state index in [-0.39, 0.29) is 5.91 Å². The Morgan fingerprint density at radius 1 is 1.40 bits per heavy atom. The molecule has 1 aromatic heterocycles. The van der Waals surface area contributed by atoms with Crippen LogP contribution in [0.5, 0.6) is 0 Å². The van der Waals surface area contributed by atoms with Crippen LogP contribution in [0, 0.1) is 0 Å². The van der Waals surface area contributed by atoms with Crippen molar-refractivity contribution in [2.24, 2.45) is 0 Å². The van der Waals surface area contributed by atoms with E-state index in [0.717, 1.165) is 29.2 Å². The molecule has 1 N–H and O–H groups in total. The molecule has 0 saturated carbocycles. The number of amides is 1. The molecule has 0 saturated heterocycles. The standard InChI is InChI=1S/C10H11N3OS/c1-2-5-11-10(14)7-3-4-8-9(6-7)13-15-12-8/h3-4,6H,2,5H2,1H3,(H,11,14). The van der Waals surface area contributed by atoms with Gasteiger partial charge in [0.2, 0.25) is 0 Å². The fourth-order valence-electron chi connectivity index (χ4n) is 1.26. The van der Waals surface area contributed by atoms with Crippen molar-refractivity contribution in [2.75, 3.05) is 6.54 Å². The average Bonchev–Trinajstić information content (AvgIpc) is 2.72. The van der Waals surface area contributed by atoms with Crippen molar-refractivity contribution in [3.8, 4) is 0 Å². The summed E-state index contributed by atoms with van der Waals surface area (Å²) in [4.78, 5) is 11.6. The van der Waals surface area contributed by atoms with E-state index in [1.807, 2.05) is 13.0 Å². The van der Waals surface area contributed by atoms with E-state index in [0.29, 0.717) is 12.1 Å². The van der Waals surface area contributed by atoms with Crippen LogP contribution in [0.1, 0.15) is 23.7 Å². The summed E-state index contributed by atoms with van der Waals surface area (Å²) in [7, 11) is 0. The molecule has 0 atom stereocenters. The Labute approximate surface area is 91.6 Å². The number of carbonyl (C=O) groups is 1. The van der Waals surface area contributed by atoms with Crippen LogP contribution in [0.3, 0.4) is 0 Å². The lowest BCUT2D eigenvalue weighted by Crippen LogP contribution is -2.23. The van der Waals surface area contributed by atoms with Gasteiger partial charge < -0.3 is 5.32 Å². The number of hydrogen-bond donors (Lipinski definition) is 1. The Kier molecular flexibility index (Phi) is 2.91. The van der Waals surface area contributed by atoms with Gasteiger partial charge in [0, 0.05) is 12.1 Å². The first kappa shape index (κ1) is 10.0. The summed E-state index contributed by atoms with van der Waals surface area (Å²) < 4.78 is 8.17. The van der Waals surface area contributed by atoms with Crippen molar-refractivity contribution in [2.45, 2.75) is 13.3 Å². The zero-order chi connectivity index (χ0) is 10.7. The number of aromatic nitrogens is 2. The predicted octanol–water partition coefficient (Wildman–Crippen LogP) is 1.83. The Balaban J connectivity index is 2.23. The second kappa shape index (κ2) is 4.35. The van der Waals surface area contributed by atoms with Gasteiger partial charge in [0.25, 0.3) is 5.91 Å². The van der Waals surface area contributed by atoms with E-state index in [4.69, 9.17) is 0 Å². The summed E-state index contributed by atoms with van der Waals surface area (Å²) in [5.74, 6) is -0.0493. The van der Waals surface area contributed by atoms with Crippen molar-refractivity contribution in [1.82, 2.24) is 14.1 Å². The van der Waals surface area contributed by atoms with Gasteiger partial charge in [-0.3, -0.25) is 4.79 Å². The molecule has 1 heterocycles. The first-order chi connectivity index (χ1) is 7.31. The molecule has 5 heteroatoms. The molecule has 78 valence electrons. The fraction of sp³-hybridized carbons (Fsp3) is 0.300. The monoisotopic (exact) mass is 221 g/mol. The Bertz CT molecular complexity index is 480. The molecule has 0 bridgehead atoms. The molecule has 0 spiro atoms. The Hall–Kier alpha value is -1.49. The highest BCUT2D eigenvalue weighted by Gasteiger charge is 2.06. The molecule has 0 radical (unpaired) electrons. The summed E-state index contributed by atoms with van der Waals surface area (Å²) in [6, 6.07) is 5.36. The smallest absolute Gasteiger partial charge is 0.251 e. The molecular weight excluding hydrogens is 210 g/mol. The molecule has 15 heavy (non-hydrogen) atoms. The van der Waals surface area contributed by atoms with Gasteiger partial charge in [0.15, 0.2) is 0 Å². The van der Waals surface area contributed by atoms with Crippen molar-refractivity contribution < 1.29 is 4.79 Å². The van der Waals surface area contributed by atoms with E-state index in [1.54, 1.807) is 12.1 Å². The summed E-state index contributed by atoms with van der Waals surface area (Å²) in [5, 5.41) is 2.82. The minimum absolute atomic E-state index is 0.0493. The quantitative estimate of drug-likeness (QED) is 0.860. The Morgan fingerprint density at radius 3 is 3.00 bits per heavy atom. The number of nitrogens with zero attached hydrogens (tertiary/aromatic N) is 2. The normalized spacial score (nSPS) is 10.5. The molecule has 2 rings (SSSR count). The van der Waals surface area contributed by atoms with Gasteiger partial charge in [0.1, 0.15) is 11.0 Å². The van der Waals surface area contributed by atoms with Crippen LogP contribution in [0.4, 0.5) is 0 Å². The van der Waals surface area contributed by atoms with Gasteiger partial charge in [-0.05, 0) is 24.6 Å². The van der Waals surface area contributed by atoms with Crippen LogP contribution in [0.15, 0.2) is 18.2 Å². The second-order valence-electron chi connectivity index (χ2n) is 3.22. The summed E-state index contributed by atoms with van der Waals surface area (Å²) in [5.41, 5.74) is 2.26. The minimum atomic E-state index is -0.0493. The number of carbonyl (C=O) groups excluding carboxylic acids is 1. The van der Waals surface area contributed by atoms with Crippen LogP contribution in [0.25, 0.3) is 11.0 Å². The van der Waals surface area contributed by atoms with Crippen molar-refractivity contribution >= 4 is 28.7 Å². The minimum Gasteiger partial charge on any atom is -0.352 e. The van der Waals surface area contributed by atoms with Crippen LogP contribution >= 0.6 is 11.7 Å². The van der Waals surface area contributed by atoms with Crippen LogP contribution < -0.4 is 5.32 Å². The van der Waals surface area contributed by atoms with Gasteiger partial charge in [0.05, 0.1) is 11.7 Å². The molecule has 0 fully saturated rings. The highest BCUT2D eigenvalue weighted by atomic mass is 32.1. The highest BCUT2D eigenvalue weighted by molar-refractivity contribution is 7.00. The summed E-state index contributed by atoms with van der Waals surface area (Å²) >= 11 is 1.16. The van der Waals surface area contributed by atoms with Gasteiger partial charge in [-0.2, -0.15) is 8.75 Å². The SMILES string of the molecule is CCCNC(=O)c1ccc2nsnc2c1. The Morgan fingerprint density at radius 2 is 2.20 bits per heavy atom. The lowest BCUT2D eigenvalue weighted by atomic mass is 10.2. The lowest BCUT2D eigenvalue weighted by molar-refractivity contribution is 0.0954. The third-order valence-corrected chi connectivity index (χ3v) is 2.61. The lowest BCUT2D eigenvalue weighted by Gasteiger charge is -2.02. The largest absolute Gasteiger partial charge is 0.352 e. The topological polar surface area (TPSA) is 54.9 Å². The van der Waals surface area contributed by atoms with Gasteiger partial charge in [-0.25, -0.2) is 0 Å². The number of rotatable bonds is 3. The zero-order valence-electron chi connectivity index (χ0n) is 8.36.